The van der Waals surface area contributed by atoms with Crippen molar-refractivity contribution in [2.75, 3.05) is 27.9 Å². The van der Waals surface area contributed by atoms with Gasteiger partial charge in [-0.2, -0.15) is 0 Å². The molecule has 1 N–H and O–H groups in total. The third-order valence-electron chi connectivity index (χ3n) is 4.78. The number of carbonyl (C=O) groups excluding carboxylic acids is 1. The van der Waals surface area contributed by atoms with E-state index in [4.69, 9.17) is 18.9 Å². The van der Waals surface area contributed by atoms with Gasteiger partial charge in [0.05, 0.1) is 27.4 Å². The topological polar surface area (TPSA) is 66.0 Å². The van der Waals surface area contributed by atoms with Crippen LogP contribution in [-0.4, -0.2) is 46.0 Å². The van der Waals surface area contributed by atoms with Gasteiger partial charge in [-0.3, -0.25) is 4.79 Å². The first-order chi connectivity index (χ1) is 11.4. The molecule has 6 heteroatoms. The predicted molar refractivity (Wildman–Crippen MR) is 91.2 cm³/mol. The average molecular weight is 337 g/mol. The average Bonchev–Trinajstić information content (AvgIpc) is 2.59. The lowest BCUT2D eigenvalue weighted by molar-refractivity contribution is -0.111. The van der Waals surface area contributed by atoms with Crippen molar-refractivity contribution in [2.24, 2.45) is 5.41 Å². The molecule has 1 aliphatic rings. The van der Waals surface area contributed by atoms with Crippen molar-refractivity contribution in [3.05, 3.63) is 17.7 Å². The van der Waals surface area contributed by atoms with E-state index in [1.165, 1.54) is 21.3 Å². The highest BCUT2D eigenvalue weighted by atomic mass is 16.5. The van der Waals surface area contributed by atoms with E-state index in [1.807, 2.05) is 6.92 Å². The van der Waals surface area contributed by atoms with Crippen molar-refractivity contribution in [2.45, 2.75) is 39.3 Å². The minimum atomic E-state index is -0.165. The monoisotopic (exact) mass is 337 g/mol. The summed E-state index contributed by atoms with van der Waals surface area (Å²) in [6, 6.07) is 3.38. The molecule has 0 saturated heterocycles. The Balaban J connectivity index is 2.16. The molecule has 1 saturated carbocycles. The number of hydrogen-bond donors (Lipinski definition) is 1. The molecule has 1 aliphatic carbocycles. The second-order valence-electron chi connectivity index (χ2n) is 6.44. The van der Waals surface area contributed by atoms with E-state index < -0.39 is 0 Å². The third kappa shape index (κ3) is 3.29. The second kappa shape index (κ2) is 7.30. The highest BCUT2D eigenvalue weighted by Crippen LogP contribution is 2.43. The fourth-order valence-corrected chi connectivity index (χ4v) is 3.07. The molecule has 1 aromatic carbocycles. The molecule has 0 bridgehead atoms. The van der Waals surface area contributed by atoms with Crippen LogP contribution in [0.25, 0.3) is 0 Å². The summed E-state index contributed by atoms with van der Waals surface area (Å²) in [5, 5.41) is 3.08. The van der Waals surface area contributed by atoms with Gasteiger partial charge in [-0.25, -0.2) is 0 Å². The molecule has 1 fully saturated rings. The van der Waals surface area contributed by atoms with E-state index >= 15 is 0 Å². The number of hydrogen-bond acceptors (Lipinski definition) is 5. The van der Waals surface area contributed by atoms with Gasteiger partial charge in [0.15, 0.2) is 11.5 Å². The van der Waals surface area contributed by atoms with Crippen LogP contribution in [0.15, 0.2) is 12.1 Å². The summed E-state index contributed by atoms with van der Waals surface area (Å²) in [5.74, 6) is 1.23. The van der Waals surface area contributed by atoms with Crippen molar-refractivity contribution in [3.8, 4) is 17.2 Å². The zero-order chi connectivity index (χ0) is 17.9. The SMILES string of the molecule is CCOC1CC(NC(=O)c2cc(OC)c(OC)c(OC)c2)C1(C)C. The Labute approximate surface area is 143 Å². The zero-order valence-corrected chi connectivity index (χ0v) is 15.3. The van der Waals surface area contributed by atoms with Crippen LogP contribution in [0.5, 0.6) is 17.2 Å². The lowest BCUT2D eigenvalue weighted by Crippen LogP contribution is -2.62. The lowest BCUT2D eigenvalue weighted by atomic mass is 9.64. The highest BCUT2D eigenvalue weighted by Gasteiger charge is 2.49. The second-order valence-corrected chi connectivity index (χ2v) is 6.44. The van der Waals surface area contributed by atoms with Gasteiger partial charge < -0.3 is 24.3 Å². The molecule has 1 aromatic rings. The lowest BCUT2D eigenvalue weighted by Gasteiger charge is -2.51. The molecule has 2 unspecified atom stereocenters. The van der Waals surface area contributed by atoms with Crippen LogP contribution < -0.4 is 19.5 Å². The molecule has 134 valence electrons. The first-order valence-electron chi connectivity index (χ1n) is 8.11. The number of carbonyl (C=O) groups is 1. The Kier molecular flexibility index (Phi) is 5.59. The number of ether oxygens (including phenoxy) is 4. The summed E-state index contributed by atoms with van der Waals surface area (Å²) in [5.41, 5.74) is 0.381. The number of methoxy groups -OCH3 is 3. The molecule has 0 heterocycles. The van der Waals surface area contributed by atoms with E-state index in [-0.39, 0.29) is 23.5 Å². The molecule has 0 aromatic heterocycles. The van der Waals surface area contributed by atoms with Crippen LogP contribution in [0.3, 0.4) is 0 Å². The Morgan fingerprint density at radius 3 is 2.17 bits per heavy atom. The van der Waals surface area contributed by atoms with E-state index in [1.54, 1.807) is 12.1 Å². The van der Waals surface area contributed by atoms with Gasteiger partial charge in [-0.15, -0.1) is 0 Å². The van der Waals surface area contributed by atoms with E-state index in [0.29, 0.717) is 29.4 Å². The zero-order valence-electron chi connectivity index (χ0n) is 15.3. The summed E-state index contributed by atoms with van der Waals surface area (Å²) in [6.07, 6.45) is 0.990. The van der Waals surface area contributed by atoms with Gasteiger partial charge in [-0.05, 0) is 25.5 Å². The number of rotatable bonds is 7. The molecule has 1 amide bonds. The summed E-state index contributed by atoms with van der Waals surface area (Å²) < 4.78 is 21.6. The van der Waals surface area contributed by atoms with Gasteiger partial charge in [0, 0.05) is 23.6 Å². The van der Waals surface area contributed by atoms with Crippen molar-refractivity contribution in [1.82, 2.24) is 5.32 Å². The van der Waals surface area contributed by atoms with Gasteiger partial charge >= 0.3 is 0 Å². The number of amides is 1. The molecule has 2 atom stereocenters. The molecular weight excluding hydrogens is 310 g/mol. The van der Waals surface area contributed by atoms with Crippen LogP contribution >= 0.6 is 0 Å². The minimum absolute atomic E-state index is 0.0700. The molecule has 6 nitrogen and oxygen atoms in total. The maximum atomic E-state index is 12.6. The first-order valence-corrected chi connectivity index (χ1v) is 8.11. The quantitative estimate of drug-likeness (QED) is 0.828. The smallest absolute Gasteiger partial charge is 0.251 e. The van der Waals surface area contributed by atoms with Gasteiger partial charge in [0.25, 0.3) is 5.91 Å². The fourth-order valence-electron chi connectivity index (χ4n) is 3.07. The normalized spacial score (nSPS) is 21.6. The van der Waals surface area contributed by atoms with Crippen LogP contribution in [-0.2, 0) is 4.74 Å². The molecular formula is C18H27NO5. The third-order valence-corrected chi connectivity index (χ3v) is 4.78. The molecule has 24 heavy (non-hydrogen) atoms. The standard InChI is InChI=1S/C18H27NO5/c1-7-24-15-10-14(18(15,2)3)19-17(20)11-8-12(21-4)16(23-6)13(9-11)22-5/h8-9,14-15H,7,10H2,1-6H3,(H,19,20). The van der Waals surface area contributed by atoms with E-state index in [2.05, 4.69) is 19.2 Å². The van der Waals surface area contributed by atoms with Gasteiger partial charge in [0.1, 0.15) is 0 Å². The summed E-state index contributed by atoms with van der Waals surface area (Å²) in [4.78, 5) is 12.6. The van der Waals surface area contributed by atoms with Crippen LogP contribution in [0.4, 0.5) is 0 Å². The Morgan fingerprint density at radius 2 is 1.75 bits per heavy atom. The number of benzene rings is 1. The van der Waals surface area contributed by atoms with Crippen molar-refractivity contribution in [1.29, 1.82) is 0 Å². The summed E-state index contributed by atoms with van der Waals surface area (Å²) in [7, 11) is 4.59. The predicted octanol–water partition coefficient (Wildman–Crippen LogP) is 2.65. The van der Waals surface area contributed by atoms with Gasteiger partial charge in [-0.1, -0.05) is 13.8 Å². The highest BCUT2D eigenvalue weighted by molar-refractivity contribution is 5.96. The molecule has 0 radical (unpaired) electrons. The largest absolute Gasteiger partial charge is 0.493 e. The Morgan fingerprint density at radius 1 is 1.17 bits per heavy atom. The van der Waals surface area contributed by atoms with E-state index in [9.17, 15) is 4.79 Å². The first kappa shape index (κ1) is 18.4. The fraction of sp³-hybridized carbons (Fsp3) is 0.611. The molecule has 0 spiro atoms. The van der Waals surface area contributed by atoms with E-state index in [0.717, 1.165) is 6.42 Å². The minimum Gasteiger partial charge on any atom is -0.493 e. The van der Waals surface area contributed by atoms with Crippen molar-refractivity contribution < 1.29 is 23.7 Å². The Bertz CT molecular complexity index is 574. The number of nitrogens with one attached hydrogen (secondary N) is 1. The van der Waals surface area contributed by atoms with Crippen LogP contribution in [0, 0.1) is 5.41 Å². The maximum Gasteiger partial charge on any atom is 0.251 e. The summed E-state index contributed by atoms with van der Waals surface area (Å²) in [6.45, 7) is 6.88. The Hall–Kier alpha value is -1.95. The van der Waals surface area contributed by atoms with Crippen LogP contribution in [0.1, 0.15) is 37.6 Å². The molecule has 2 rings (SSSR count). The van der Waals surface area contributed by atoms with Crippen LogP contribution in [0.2, 0.25) is 0 Å². The molecule has 0 aliphatic heterocycles. The van der Waals surface area contributed by atoms with Crippen molar-refractivity contribution >= 4 is 5.91 Å². The maximum absolute atomic E-state index is 12.6. The summed E-state index contributed by atoms with van der Waals surface area (Å²) >= 11 is 0. The van der Waals surface area contributed by atoms with Gasteiger partial charge in [0.2, 0.25) is 5.75 Å². The van der Waals surface area contributed by atoms with Crippen molar-refractivity contribution in [3.63, 3.8) is 0 Å².